The van der Waals surface area contributed by atoms with Crippen molar-refractivity contribution < 1.29 is 22.7 Å². The molecule has 0 spiro atoms. The van der Waals surface area contributed by atoms with E-state index in [1.165, 1.54) is 18.5 Å². The van der Waals surface area contributed by atoms with Gasteiger partial charge in [-0.3, -0.25) is 9.10 Å². The van der Waals surface area contributed by atoms with E-state index in [0.717, 1.165) is 17.4 Å². The lowest BCUT2D eigenvalue weighted by Crippen LogP contribution is -2.29. The number of aryl methyl sites for hydroxylation is 1. The first-order valence-electron chi connectivity index (χ1n) is 9.88. The van der Waals surface area contributed by atoms with E-state index in [0.29, 0.717) is 28.4 Å². The van der Waals surface area contributed by atoms with Crippen LogP contribution >= 0.6 is 0 Å². The van der Waals surface area contributed by atoms with Gasteiger partial charge in [0.05, 0.1) is 38.4 Å². The van der Waals surface area contributed by atoms with Gasteiger partial charge < -0.3 is 14.8 Å². The highest BCUT2D eigenvalue weighted by Crippen LogP contribution is 2.29. The summed E-state index contributed by atoms with van der Waals surface area (Å²) < 4.78 is 36.6. The summed E-state index contributed by atoms with van der Waals surface area (Å²) in [5.41, 5.74) is 3.29. The van der Waals surface area contributed by atoms with Gasteiger partial charge in [0.25, 0.3) is 5.91 Å². The number of anilines is 2. The molecule has 0 aliphatic carbocycles. The van der Waals surface area contributed by atoms with Crippen molar-refractivity contribution in [2.75, 3.05) is 30.1 Å². The summed E-state index contributed by atoms with van der Waals surface area (Å²) in [6, 6.07) is 19.2. The summed E-state index contributed by atoms with van der Waals surface area (Å²) in [6.45, 7) is 2.18. The number of ether oxygens (including phenoxy) is 2. The van der Waals surface area contributed by atoms with E-state index in [9.17, 15) is 13.2 Å². The van der Waals surface area contributed by atoms with Crippen molar-refractivity contribution in [2.24, 2.45) is 0 Å². The largest absolute Gasteiger partial charge is 0.497 e. The molecular formula is C24H26N2O5S. The summed E-state index contributed by atoms with van der Waals surface area (Å²) >= 11 is 0. The Morgan fingerprint density at radius 3 is 2.16 bits per heavy atom. The third kappa shape index (κ3) is 5.59. The zero-order valence-electron chi connectivity index (χ0n) is 18.5. The van der Waals surface area contributed by atoms with Gasteiger partial charge >= 0.3 is 0 Å². The number of carbonyl (C=O) groups excluding carboxylic acids is 1. The van der Waals surface area contributed by atoms with Crippen LogP contribution in [-0.4, -0.2) is 34.8 Å². The molecule has 168 valence electrons. The molecule has 1 amide bonds. The summed E-state index contributed by atoms with van der Waals surface area (Å²) in [4.78, 5) is 12.7. The average Bonchev–Trinajstić information content (AvgIpc) is 2.78. The molecule has 3 aromatic carbocycles. The molecule has 1 N–H and O–H groups in total. The van der Waals surface area contributed by atoms with Gasteiger partial charge in [0.1, 0.15) is 11.5 Å². The van der Waals surface area contributed by atoms with Crippen LogP contribution in [0.2, 0.25) is 0 Å². The Balaban J connectivity index is 1.82. The number of amides is 1. The van der Waals surface area contributed by atoms with E-state index >= 15 is 0 Å². The molecule has 3 rings (SSSR count). The Labute approximate surface area is 188 Å². The molecule has 3 aromatic rings. The van der Waals surface area contributed by atoms with Crippen LogP contribution in [0.15, 0.2) is 66.7 Å². The third-order valence-corrected chi connectivity index (χ3v) is 6.06. The van der Waals surface area contributed by atoms with Gasteiger partial charge in [-0.1, -0.05) is 29.8 Å². The first kappa shape index (κ1) is 23.1. The first-order valence-corrected chi connectivity index (χ1v) is 11.7. The van der Waals surface area contributed by atoms with Gasteiger partial charge in [-0.05, 0) is 48.9 Å². The normalized spacial score (nSPS) is 11.0. The van der Waals surface area contributed by atoms with Crippen molar-refractivity contribution in [3.63, 3.8) is 0 Å². The third-order valence-electron chi connectivity index (χ3n) is 4.92. The second kappa shape index (κ2) is 9.74. The molecule has 0 aliphatic rings. The van der Waals surface area contributed by atoms with Crippen LogP contribution in [-0.2, 0) is 16.6 Å². The number of nitrogens with zero attached hydrogens (tertiary/aromatic N) is 1. The molecule has 0 radical (unpaired) electrons. The van der Waals surface area contributed by atoms with Crippen LogP contribution in [0.5, 0.6) is 11.5 Å². The Morgan fingerprint density at radius 2 is 1.59 bits per heavy atom. The second-order valence-corrected chi connectivity index (χ2v) is 9.23. The van der Waals surface area contributed by atoms with E-state index in [4.69, 9.17) is 9.47 Å². The second-order valence-electron chi connectivity index (χ2n) is 7.32. The Bertz CT molecular complexity index is 1190. The van der Waals surface area contributed by atoms with Crippen molar-refractivity contribution in [3.05, 3.63) is 83.4 Å². The minimum absolute atomic E-state index is 0.200. The van der Waals surface area contributed by atoms with Gasteiger partial charge in [0, 0.05) is 11.6 Å². The molecule has 0 bridgehead atoms. The highest BCUT2D eigenvalue weighted by molar-refractivity contribution is 7.92. The predicted octanol–water partition coefficient (Wildman–Crippen LogP) is 4.23. The smallest absolute Gasteiger partial charge is 0.255 e. The van der Waals surface area contributed by atoms with E-state index < -0.39 is 10.0 Å². The monoisotopic (exact) mass is 454 g/mol. The number of sulfonamides is 1. The van der Waals surface area contributed by atoms with E-state index in [2.05, 4.69) is 5.32 Å². The summed E-state index contributed by atoms with van der Waals surface area (Å²) in [7, 11) is -0.470. The lowest BCUT2D eigenvalue weighted by molar-refractivity contribution is 0.102. The number of hydrogen-bond donors (Lipinski definition) is 1. The maximum atomic E-state index is 12.7. The number of benzene rings is 3. The number of methoxy groups -OCH3 is 2. The quantitative estimate of drug-likeness (QED) is 0.551. The van der Waals surface area contributed by atoms with Crippen LogP contribution in [0.1, 0.15) is 21.5 Å². The molecule has 8 heteroatoms. The maximum absolute atomic E-state index is 12.7. The van der Waals surface area contributed by atoms with Crippen molar-refractivity contribution in [1.82, 2.24) is 0 Å². The minimum atomic E-state index is -3.52. The van der Waals surface area contributed by atoms with Gasteiger partial charge in [-0.2, -0.15) is 0 Å². The molecule has 0 aromatic heterocycles. The standard InChI is InChI=1S/C24H26N2O5S/c1-17-5-7-18(8-6-17)16-26(32(4,28)29)20-11-9-19(10-12-20)24(27)25-22-15-21(30-2)13-14-23(22)31-3/h5-15H,16H2,1-4H3,(H,25,27). The van der Waals surface area contributed by atoms with E-state index in [1.54, 1.807) is 42.5 Å². The molecular weight excluding hydrogens is 428 g/mol. The fourth-order valence-corrected chi connectivity index (χ4v) is 4.03. The van der Waals surface area contributed by atoms with Crippen LogP contribution in [0.4, 0.5) is 11.4 Å². The van der Waals surface area contributed by atoms with Crippen molar-refractivity contribution in [1.29, 1.82) is 0 Å². The number of rotatable bonds is 8. The van der Waals surface area contributed by atoms with Crippen LogP contribution in [0, 0.1) is 6.92 Å². The van der Waals surface area contributed by atoms with Gasteiger partial charge in [-0.15, -0.1) is 0 Å². The number of hydrogen-bond acceptors (Lipinski definition) is 5. The zero-order chi connectivity index (χ0) is 23.3. The lowest BCUT2D eigenvalue weighted by atomic mass is 10.1. The molecule has 0 saturated heterocycles. The Hall–Kier alpha value is -3.52. The van der Waals surface area contributed by atoms with Crippen LogP contribution in [0.3, 0.4) is 0 Å². The number of carbonyl (C=O) groups is 1. The minimum Gasteiger partial charge on any atom is -0.497 e. The molecule has 0 atom stereocenters. The topological polar surface area (TPSA) is 84.9 Å². The van der Waals surface area contributed by atoms with Gasteiger partial charge in [-0.25, -0.2) is 8.42 Å². The Kier molecular flexibility index (Phi) is 7.05. The molecule has 0 heterocycles. The van der Waals surface area contributed by atoms with E-state index in [1.807, 2.05) is 31.2 Å². The van der Waals surface area contributed by atoms with Crippen LogP contribution in [0.25, 0.3) is 0 Å². The number of nitrogens with one attached hydrogen (secondary N) is 1. The van der Waals surface area contributed by atoms with Gasteiger partial charge in [0.15, 0.2) is 0 Å². The van der Waals surface area contributed by atoms with Crippen LogP contribution < -0.4 is 19.1 Å². The van der Waals surface area contributed by atoms with Gasteiger partial charge in [0.2, 0.25) is 10.0 Å². The van der Waals surface area contributed by atoms with E-state index in [-0.39, 0.29) is 12.5 Å². The first-order chi connectivity index (χ1) is 15.2. The fourth-order valence-electron chi connectivity index (χ4n) is 3.14. The molecule has 32 heavy (non-hydrogen) atoms. The average molecular weight is 455 g/mol. The summed E-state index contributed by atoms with van der Waals surface area (Å²) in [5, 5.41) is 2.80. The highest BCUT2D eigenvalue weighted by atomic mass is 32.2. The zero-order valence-corrected chi connectivity index (χ0v) is 19.3. The fraction of sp³-hybridized carbons (Fsp3) is 0.208. The lowest BCUT2D eigenvalue weighted by Gasteiger charge is -2.23. The summed E-state index contributed by atoms with van der Waals surface area (Å²) in [5.74, 6) is 0.723. The maximum Gasteiger partial charge on any atom is 0.255 e. The molecule has 0 unspecified atom stereocenters. The van der Waals surface area contributed by atoms with Crippen molar-refractivity contribution >= 4 is 27.3 Å². The highest BCUT2D eigenvalue weighted by Gasteiger charge is 2.19. The van der Waals surface area contributed by atoms with Crippen molar-refractivity contribution in [3.8, 4) is 11.5 Å². The molecule has 0 fully saturated rings. The summed E-state index contributed by atoms with van der Waals surface area (Å²) in [6.07, 6.45) is 1.16. The predicted molar refractivity (Wildman–Crippen MR) is 126 cm³/mol. The SMILES string of the molecule is COc1ccc(OC)c(NC(=O)c2ccc(N(Cc3ccc(C)cc3)S(C)(=O)=O)cc2)c1. The molecule has 0 aliphatic heterocycles. The van der Waals surface area contributed by atoms with Crippen molar-refractivity contribution in [2.45, 2.75) is 13.5 Å². The molecule has 7 nitrogen and oxygen atoms in total. The Morgan fingerprint density at radius 1 is 0.938 bits per heavy atom. The molecule has 0 saturated carbocycles.